The molecule has 0 aliphatic heterocycles. The molecule has 0 saturated carbocycles. The third-order valence-electron chi connectivity index (χ3n) is 6.36. The van der Waals surface area contributed by atoms with Crippen LogP contribution in [0.3, 0.4) is 0 Å². The average molecular weight is 575 g/mol. The summed E-state index contributed by atoms with van der Waals surface area (Å²) >= 11 is 0. The topological polar surface area (TPSA) is 176 Å². The number of sulfonamides is 1. The van der Waals surface area contributed by atoms with Gasteiger partial charge in [0.05, 0.1) is 16.6 Å². The van der Waals surface area contributed by atoms with Crippen LogP contribution in [-0.4, -0.2) is 45.6 Å². The molecule has 0 saturated heterocycles. The zero-order valence-corrected chi connectivity index (χ0v) is 23.1. The highest BCUT2D eigenvalue weighted by Crippen LogP contribution is 2.26. The van der Waals surface area contributed by atoms with E-state index in [9.17, 15) is 18.0 Å². The Kier molecular flexibility index (Phi) is 7.26. The Balaban J connectivity index is 1.50. The number of nitrogens with zero attached hydrogens (tertiary/aromatic N) is 5. The number of aryl methyl sites for hydroxylation is 1. The van der Waals surface area contributed by atoms with Crippen LogP contribution in [0.25, 0.3) is 11.2 Å². The van der Waals surface area contributed by atoms with E-state index in [0.29, 0.717) is 17.0 Å². The lowest BCUT2D eigenvalue weighted by Crippen LogP contribution is -2.30. The molecule has 14 heteroatoms. The maximum atomic E-state index is 13.6. The highest BCUT2D eigenvalue weighted by Gasteiger charge is 2.25. The summed E-state index contributed by atoms with van der Waals surface area (Å²) in [6.07, 6.45) is 2.89. The van der Waals surface area contributed by atoms with Crippen molar-refractivity contribution in [1.82, 2.24) is 28.9 Å². The molecule has 5 aromatic rings. The van der Waals surface area contributed by atoms with Crippen molar-refractivity contribution in [3.05, 3.63) is 100 Å². The smallest absolute Gasteiger partial charge is 0.351 e. The summed E-state index contributed by atoms with van der Waals surface area (Å²) in [5.41, 5.74) is 7.49. The predicted molar refractivity (Wildman–Crippen MR) is 152 cm³/mol. The third kappa shape index (κ3) is 5.25. The molecular weight excluding hydrogens is 548 g/mol. The molecule has 4 N–H and O–H groups in total. The summed E-state index contributed by atoms with van der Waals surface area (Å²) in [6.45, 7) is 3.60. The molecule has 210 valence electrons. The molecule has 5 rings (SSSR count). The Hall–Kier alpha value is -5.08. The Morgan fingerprint density at radius 3 is 2.44 bits per heavy atom. The minimum atomic E-state index is -3.66. The Bertz CT molecular complexity index is 1920. The van der Waals surface area contributed by atoms with E-state index in [4.69, 9.17) is 15.6 Å². The highest BCUT2D eigenvalue weighted by molar-refractivity contribution is 7.89. The fourth-order valence-corrected chi connectivity index (χ4v) is 5.01. The van der Waals surface area contributed by atoms with E-state index in [1.54, 1.807) is 31.3 Å². The van der Waals surface area contributed by atoms with Gasteiger partial charge in [0.2, 0.25) is 10.0 Å². The molecule has 0 amide bonds. The third-order valence-corrected chi connectivity index (χ3v) is 7.79. The molecule has 41 heavy (non-hydrogen) atoms. The Morgan fingerprint density at radius 2 is 1.76 bits per heavy atom. The van der Waals surface area contributed by atoms with Gasteiger partial charge < -0.3 is 15.8 Å². The van der Waals surface area contributed by atoms with E-state index in [-0.39, 0.29) is 33.4 Å². The number of ether oxygens (including phenoxy) is 1. The number of carbonyl (C=O) groups excluding carboxylic acids is 1. The summed E-state index contributed by atoms with van der Waals surface area (Å²) in [5, 5.41) is 7.83. The van der Waals surface area contributed by atoms with Crippen molar-refractivity contribution in [2.75, 3.05) is 18.1 Å². The number of benzene rings is 2. The minimum Gasteiger partial charge on any atom is -0.423 e. The molecule has 3 aromatic heterocycles. The second kappa shape index (κ2) is 10.8. The zero-order chi connectivity index (χ0) is 29.3. The number of anilines is 2. The van der Waals surface area contributed by atoms with Crippen LogP contribution in [0, 0.1) is 6.92 Å². The van der Waals surface area contributed by atoms with Crippen LogP contribution in [0.4, 0.5) is 11.6 Å². The second-order valence-corrected chi connectivity index (χ2v) is 10.9. The highest BCUT2D eigenvalue weighted by atomic mass is 32.2. The molecule has 2 aromatic carbocycles. The second-order valence-electron chi connectivity index (χ2n) is 9.04. The predicted octanol–water partition coefficient (Wildman–Crippen LogP) is 2.47. The number of hydrogen-bond acceptors (Lipinski definition) is 10. The van der Waals surface area contributed by atoms with Gasteiger partial charge in [0.1, 0.15) is 34.8 Å². The van der Waals surface area contributed by atoms with Gasteiger partial charge in [-0.3, -0.25) is 9.36 Å². The summed E-state index contributed by atoms with van der Waals surface area (Å²) in [5.74, 6) is -0.518. The van der Waals surface area contributed by atoms with Gasteiger partial charge in [-0.05, 0) is 68.9 Å². The number of carbonyl (C=O) groups is 1. The number of aromatic nitrogens is 5. The minimum absolute atomic E-state index is 0.00496. The van der Waals surface area contributed by atoms with Crippen LogP contribution < -0.4 is 26.1 Å². The van der Waals surface area contributed by atoms with Crippen molar-refractivity contribution in [2.45, 2.75) is 24.8 Å². The number of para-hydroxylation sites is 1. The van der Waals surface area contributed by atoms with E-state index in [2.05, 4.69) is 20.0 Å². The van der Waals surface area contributed by atoms with Crippen molar-refractivity contribution in [3.63, 3.8) is 0 Å². The lowest BCUT2D eigenvalue weighted by molar-refractivity contribution is 0.0736. The Labute approximate surface area is 234 Å². The van der Waals surface area contributed by atoms with Gasteiger partial charge >= 0.3 is 5.97 Å². The summed E-state index contributed by atoms with van der Waals surface area (Å²) in [7, 11) is -2.37. The summed E-state index contributed by atoms with van der Waals surface area (Å²) in [4.78, 5) is 35.0. The van der Waals surface area contributed by atoms with Crippen LogP contribution in [-0.2, 0) is 10.0 Å². The maximum absolute atomic E-state index is 13.6. The lowest BCUT2D eigenvalue weighted by atomic mass is 10.2. The SMILES string of the molecule is CNS(=O)(=O)c1ccc(OC(=O)c2c(N)ncnc2NC(C)c2nn3ccc(C)c3c(=O)n2-c2ccccc2)cc1. The first-order chi connectivity index (χ1) is 19.6. The van der Waals surface area contributed by atoms with Crippen molar-refractivity contribution in [3.8, 4) is 11.4 Å². The molecule has 1 unspecified atom stereocenters. The lowest BCUT2D eigenvalue weighted by Gasteiger charge is -2.21. The number of fused-ring (bicyclic) bond motifs is 1. The quantitative estimate of drug-likeness (QED) is 0.184. The molecule has 13 nitrogen and oxygen atoms in total. The molecule has 3 heterocycles. The monoisotopic (exact) mass is 574 g/mol. The van der Waals surface area contributed by atoms with Crippen LogP contribution in [0.2, 0.25) is 0 Å². The van der Waals surface area contributed by atoms with Gasteiger partial charge in [-0.25, -0.2) is 32.4 Å². The van der Waals surface area contributed by atoms with Gasteiger partial charge in [-0.2, -0.15) is 5.10 Å². The summed E-state index contributed by atoms with van der Waals surface area (Å²) in [6, 6.07) is 15.5. The number of rotatable bonds is 8. The van der Waals surface area contributed by atoms with E-state index in [1.807, 2.05) is 25.1 Å². The molecule has 0 radical (unpaired) electrons. The van der Waals surface area contributed by atoms with Crippen molar-refractivity contribution >= 4 is 33.1 Å². The van der Waals surface area contributed by atoms with E-state index < -0.39 is 22.0 Å². The first-order valence-electron chi connectivity index (χ1n) is 12.4. The standard InChI is InChI=1S/C27H26N8O5S/c1-16-13-14-34-22(16)26(36)35(18-7-5-4-6-8-18)25(33-34)17(2)32-24-21(23(28)30-15-31-24)27(37)40-19-9-11-20(12-10-19)41(38,39)29-3/h4-15,17,29H,1-3H3,(H3,28,30,31,32). The fourth-order valence-electron chi connectivity index (χ4n) is 4.28. The van der Waals surface area contributed by atoms with Crippen LogP contribution in [0.5, 0.6) is 5.75 Å². The number of nitrogen functional groups attached to an aromatic ring is 1. The molecule has 0 fully saturated rings. The molecule has 1 atom stereocenters. The van der Waals surface area contributed by atoms with Gasteiger partial charge in [0.25, 0.3) is 5.56 Å². The van der Waals surface area contributed by atoms with Gasteiger partial charge in [0.15, 0.2) is 5.82 Å². The van der Waals surface area contributed by atoms with Gasteiger partial charge in [-0.1, -0.05) is 18.2 Å². The maximum Gasteiger partial charge on any atom is 0.351 e. The van der Waals surface area contributed by atoms with Crippen molar-refractivity contribution in [2.24, 2.45) is 0 Å². The molecule has 0 spiro atoms. The summed E-state index contributed by atoms with van der Waals surface area (Å²) < 4.78 is 34.7. The fraction of sp³-hybridized carbons (Fsp3) is 0.148. The largest absolute Gasteiger partial charge is 0.423 e. The first kappa shape index (κ1) is 27.5. The van der Waals surface area contributed by atoms with E-state index in [1.165, 1.54) is 46.7 Å². The van der Waals surface area contributed by atoms with Gasteiger partial charge in [-0.15, -0.1) is 0 Å². The average Bonchev–Trinajstić information content (AvgIpc) is 3.34. The van der Waals surface area contributed by atoms with Crippen LogP contribution >= 0.6 is 0 Å². The number of nitrogens with two attached hydrogens (primary N) is 1. The molecule has 0 bridgehead atoms. The van der Waals surface area contributed by atoms with Crippen LogP contribution in [0.15, 0.2) is 82.9 Å². The first-order valence-corrected chi connectivity index (χ1v) is 13.9. The number of nitrogens with one attached hydrogen (secondary N) is 2. The van der Waals surface area contributed by atoms with Crippen molar-refractivity contribution < 1.29 is 17.9 Å². The number of esters is 1. The van der Waals surface area contributed by atoms with Crippen LogP contribution in [0.1, 0.15) is 34.7 Å². The molecular formula is C27H26N8O5S. The molecule has 0 aliphatic rings. The van der Waals surface area contributed by atoms with Crippen molar-refractivity contribution in [1.29, 1.82) is 0 Å². The zero-order valence-electron chi connectivity index (χ0n) is 22.3. The van der Waals surface area contributed by atoms with E-state index in [0.717, 1.165) is 5.56 Å². The molecule has 0 aliphatic carbocycles. The van der Waals surface area contributed by atoms with Gasteiger partial charge in [0, 0.05) is 6.20 Å². The van der Waals surface area contributed by atoms with E-state index >= 15 is 0 Å². The number of hydrogen-bond donors (Lipinski definition) is 3. The Morgan fingerprint density at radius 1 is 1.05 bits per heavy atom. The normalized spacial score (nSPS) is 12.3.